The number of hydrogen-bond acceptors (Lipinski definition) is 4. The summed E-state index contributed by atoms with van der Waals surface area (Å²) in [6.45, 7) is 3.38. The van der Waals surface area contributed by atoms with E-state index >= 15 is 0 Å². The quantitative estimate of drug-likeness (QED) is 0.919. The lowest BCUT2D eigenvalue weighted by Gasteiger charge is -2.31. The Hall–Kier alpha value is -0.750. The van der Waals surface area contributed by atoms with Crippen molar-refractivity contribution >= 4 is 35.8 Å². The van der Waals surface area contributed by atoms with Gasteiger partial charge in [0.1, 0.15) is 0 Å². The molecule has 116 valence electrons. The Morgan fingerprint density at radius 3 is 3.05 bits per heavy atom. The highest BCUT2D eigenvalue weighted by molar-refractivity contribution is 7.99. The number of carbonyl (C=O) groups is 1. The van der Waals surface area contributed by atoms with Crippen LogP contribution in [0.5, 0.6) is 0 Å². The molecule has 2 aliphatic rings. The van der Waals surface area contributed by atoms with Crippen LogP contribution in [0.3, 0.4) is 0 Å². The summed E-state index contributed by atoms with van der Waals surface area (Å²) < 4.78 is 0. The summed E-state index contributed by atoms with van der Waals surface area (Å²) >= 11 is 1.84. The summed E-state index contributed by atoms with van der Waals surface area (Å²) in [7, 11) is 2.06. The molecule has 3 rings (SSSR count). The molecule has 1 N–H and O–H groups in total. The van der Waals surface area contributed by atoms with Crippen LogP contribution in [0, 0.1) is 0 Å². The SMILES string of the molecule is CN(CC(=O)N1CCSc2ccccc21)C1CCNC1.Cl. The number of rotatable bonds is 3. The maximum absolute atomic E-state index is 12.6. The first kappa shape index (κ1) is 16.6. The molecule has 1 unspecified atom stereocenters. The van der Waals surface area contributed by atoms with E-state index in [4.69, 9.17) is 0 Å². The zero-order valence-electron chi connectivity index (χ0n) is 12.2. The molecule has 6 heteroatoms. The fourth-order valence-corrected chi connectivity index (χ4v) is 3.87. The molecule has 2 heterocycles. The van der Waals surface area contributed by atoms with E-state index in [-0.39, 0.29) is 18.3 Å². The van der Waals surface area contributed by atoms with Crippen LogP contribution in [0.2, 0.25) is 0 Å². The molecule has 2 aliphatic heterocycles. The number of amides is 1. The number of benzene rings is 1. The van der Waals surface area contributed by atoms with E-state index < -0.39 is 0 Å². The van der Waals surface area contributed by atoms with Gasteiger partial charge in [0.25, 0.3) is 0 Å². The maximum Gasteiger partial charge on any atom is 0.241 e. The molecule has 0 saturated carbocycles. The lowest BCUT2D eigenvalue weighted by molar-refractivity contribution is -0.119. The summed E-state index contributed by atoms with van der Waals surface area (Å²) in [6, 6.07) is 8.69. The molecule has 0 aliphatic carbocycles. The average molecular weight is 328 g/mol. The normalized spacial score (nSPS) is 21.0. The second-order valence-electron chi connectivity index (χ2n) is 5.42. The molecule has 1 fully saturated rings. The predicted octanol–water partition coefficient (Wildman–Crippen LogP) is 1.84. The maximum atomic E-state index is 12.6. The topological polar surface area (TPSA) is 35.6 Å². The third kappa shape index (κ3) is 3.72. The van der Waals surface area contributed by atoms with Gasteiger partial charge in [0.05, 0.1) is 12.2 Å². The number of likely N-dealkylation sites (N-methyl/N-ethyl adjacent to an activating group) is 1. The van der Waals surface area contributed by atoms with Crippen molar-refractivity contribution in [3.05, 3.63) is 24.3 Å². The number of halogens is 1. The Labute approximate surface area is 136 Å². The molecule has 1 aromatic carbocycles. The number of anilines is 1. The van der Waals surface area contributed by atoms with E-state index in [0.29, 0.717) is 12.6 Å². The van der Waals surface area contributed by atoms with Crippen LogP contribution in [0.25, 0.3) is 0 Å². The Bertz CT molecular complexity index is 494. The average Bonchev–Trinajstić information content (AvgIpc) is 3.01. The molecule has 1 atom stereocenters. The summed E-state index contributed by atoms with van der Waals surface area (Å²) in [5.41, 5.74) is 1.08. The standard InChI is InChI=1S/C15H21N3OS.ClH/c1-17(12-6-7-16-10-12)11-15(19)18-8-9-20-14-5-3-2-4-13(14)18;/h2-5,12,16H,6-11H2,1H3;1H. The van der Waals surface area contributed by atoms with Gasteiger partial charge in [-0.3, -0.25) is 9.69 Å². The molecule has 0 radical (unpaired) electrons. The van der Waals surface area contributed by atoms with Crippen molar-refractivity contribution in [3.8, 4) is 0 Å². The first-order valence-electron chi connectivity index (χ1n) is 7.19. The molecule has 0 bridgehead atoms. The number of carbonyl (C=O) groups excluding carboxylic acids is 1. The van der Waals surface area contributed by atoms with Crippen molar-refractivity contribution in [1.29, 1.82) is 0 Å². The van der Waals surface area contributed by atoms with Crippen LogP contribution < -0.4 is 10.2 Å². The molecule has 1 amide bonds. The van der Waals surface area contributed by atoms with Gasteiger partial charge in [0, 0.05) is 29.8 Å². The van der Waals surface area contributed by atoms with E-state index in [9.17, 15) is 4.79 Å². The minimum Gasteiger partial charge on any atom is -0.315 e. The van der Waals surface area contributed by atoms with Gasteiger partial charge in [-0.25, -0.2) is 0 Å². The van der Waals surface area contributed by atoms with Gasteiger partial charge in [-0.15, -0.1) is 24.2 Å². The van der Waals surface area contributed by atoms with Crippen LogP contribution in [0.1, 0.15) is 6.42 Å². The Morgan fingerprint density at radius 2 is 2.29 bits per heavy atom. The number of nitrogens with zero attached hydrogens (tertiary/aromatic N) is 2. The van der Waals surface area contributed by atoms with Crippen molar-refractivity contribution < 1.29 is 4.79 Å². The second kappa shape index (κ2) is 7.49. The zero-order chi connectivity index (χ0) is 13.9. The molecular formula is C15H22ClN3OS. The van der Waals surface area contributed by atoms with Gasteiger partial charge in [-0.2, -0.15) is 0 Å². The summed E-state index contributed by atoms with van der Waals surface area (Å²) in [5, 5.41) is 3.35. The van der Waals surface area contributed by atoms with Gasteiger partial charge >= 0.3 is 0 Å². The first-order valence-corrected chi connectivity index (χ1v) is 8.17. The van der Waals surface area contributed by atoms with E-state index in [1.807, 2.05) is 28.8 Å². The Morgan fingerprint density at radius 1 is 1.48 bits per heavy atom. The fourth-order valence-electron chi connectivity index (χ4n) is 2.87. The third-order valence-corrected chi connectivity index (χ3v) is 5.11. The smallest absolute Gasteiger partial charge is 0.241 e. The van der Waals surface area contributed by atoms with Crippen LogP contribution >= 0.6 is 24.2 Å². The predicted molar refractivity (Wildman–Crippen MR) is 90.7 cm³/mol. The van der Waals surface area contributed by atoms with Crippen molar-refractivity contribution in [1.82, 2.24) is 10.2 Å². The van der Waals surface area contributed by atoms with Crippen LogP contribution in [-0.4, -0.2) is 55.8 Å². The second-order valence-corrected chi connectivity index (χ2v) is 6.56. The number of thioether (sulfide) groups is 1. The minimum atomic E-state index is 0. The molecule has 1 saturated heterocycles. The van der Waals surface area contributed by atoms with Gasteiger partial charge in [-0.1, -0.05) is 12.1 Å². The highest BCUT2D eigenvalue weighted by Gasteiger charge is 2.26. The summed E-state index contributed by atoms with van der Waals surface area (Å²) in [6.07, 6.45) is 1.14. The fraction of sp³-hybridized carbons (Fsp3) is 0.533. The minimum absolute atomic E-state index is 0. The van der Waals surface area contributed by atoms with Crippen molar-refractivity contribution in [3.63, 3.8) is 0 Å². The van der Waals surface area contributed by atoms with Gasteiger partial charge in [-0.05, 0) is 32.1 Å². The number of fused-ring (bicyclic) bond motifs is 1. The highest BCUT2D eigenvalue weighted by atomic mass is 35.5. The van der Waals surface area contributed by atoms with Crippen LogP contribution in [-0.2, 0) is 4.79 Å². The Balaban J connectivity index is 0.00000161. The highest BCUT2D eigenvalue weighted by Crippen LogP contribution is 2.34. The largest absolute Gasteiger partial charge is 0.315 e. The van der Waals surface area contributed by atoms with E-state index in [2.05, 4.69) is 29.4 Å². The van der Waals surface area contributed by atoms with E-state index in [1.54, 1.807) is 0 Å². The molecule has 0 spiro atoms. The molecule has 4 nitrogen and oxygen atoms in total. The van der Waals surface area contributed by atoms with Gasteiger partial charge in [0.2, 0.25) is 5.91 Å². The number of hydrogen-bond donors (Lipinski definition) is 1. The van der Waals surface area contributed by atoms with Crippen molar-refractivity contribution in [2.24, 2.45) is 0 Å². The monoisotopic (exact) mass is 327 g/mol. The van der Waals surface area contributed by atoms with E-state index in [0.717, 1.165) is 37.5 Å². The molecule has 21 heavy (non-hydrogen) atoms. The summed E-state index contributed by atoms with van der Waals surface area (Å²) in [4.78, 5) is 17.9. The number of para-hydroxylation sites is 1. The van der Waals surface area contributed by atoms with Crippen molar-refractivity contribution in [2.45, 2.75) is 17.4 Å². The van der Waals surface area contributed by atoms with Gasteiger partial charge < -0.3 is 10.2 Å². The molecule has 1 aromatic rings. The van der Waals surface area contributed by atoms with E-state index in [1.165, 1.54) is 4.90 Å². The first-order chi connectivity index (χ1) is 9.75. The summed E-state index contributed by atoms with van der Waals surface area (Å²) in [5.74, 6) is 1.20. The Kier molecular flexibility index (Phi) is 5.93. The van der Waals surface area contributed by atoms with Crippen molar-refractivity contribution in [2.75, 3.05) is 43.9 Å². The lowest BCUT2D eigenvalue weighted by Crippen LogP contribution is -2.45. The number of nitrogens with one attached hydrogen (secondary N) is 1. The molecular weight excluding hydrogens is 306 g/mol. The molecule has 0 aromatic heterocycles. The van der Waals surface area contributed by atoms with Crippen LogP contribution in [0.4, 0.5) is 5.69 Å². The van der Waals surface area contributed by atoms with Gasteiger partial charge in [0.15, 0.2) is 0 Å². The third-order valence-electron chi connectivity index (χ3n) is 4.07. The zero-order valence-corrected chi connectivity index (χ0v) is 13.9. The van der Waals surface area contributed by atoms with Crippen LogP contribution in [0.15, 0.2) is 29.2 Å². The lowest BCUT2D eigenvalue weighted by atomic mass is 10.2.